The number of aliphatic imine (C=N–C) groups is 1. The molecule has 0 radical (unpaired) electrons. The fourth-order valence-corrected chi connectivity index (χ4v) is 1.77. The second kappa shape index (κ2) is 9.04. The molecule has 1 rings (SSSR count). The van der Waals surface area contributed by atoms with Crippen molar-refractivity contribution in [3.05, 3.63) is 28.9 Å². The minimum Gasteiger partial charge on any atom is -0.443 e. The molecule has 2 amide bonds. The van der Waals surface area contributed by atoms with Gasteiger partial charge < -0.3 is 9.47 Å². The van der Waals surface area contributed by atoms with Gasteiger partial charge in [0.15, 0.2) is 0 Å². The smallest absolute Gasteiger partial charge is 0.437 e. The number of carbonyl (C=O) groups excluding carboxylic acids is 2. The van der Waals surface area contributed by atoms with Crippen LogP contribution in [0, 0.1) is 0 Å². The second-order valence-electron chi connectivity index (χ2n) is 7.43. The third-order valence-corrected chi connectivity index (χ3v) is 2.64. The van der Waals surface area contributed by atoms with Crippen LogP contribution in [0.15, 0.2) is 28.6 Å². The molecular formula is C16H25N7O4. The van der Waals surface area contributed by atoms with Crippen LogP contribution < -0.4 is 0 Å². The molecule has 0 saturated carbocycles. The van der Waals surface area contributed by atoms with Gasteiger partial charge in [-0.15, -0.1) is 4.99 Å². The quantitative estimate of drug-likeness (QED) is 0.260. The van der Waals surface area contributed by atoms with Crippen LogP contribution in [0.4, 0.5) is 9.59 Å². The highest BCUT2D eigenvalue weighted by molar-refractivity contribution is 5.99. The summed E-state index contributed by atoms with van der Waals surface area (Å²) < 4.78 is 11.8. The molecular weight excluding hydrogens is 354 g/mol. The summed E-state index contributed by atoms with van der Waals surface area (Å²) in [5.74, 6) is -0.128. The molecule has 1 aromatic rings. The normalized spacial score (nSPS) is 12.1. The van der Waals surface area contributed by atoms with E-state index < -0.39 is 23.4 Å². The van der Waals surface area contributed by atoms with Crippen LogP contribution in [0.2, 0.25) is 0 Å². The van der Waals surface area contributed by atoms with Gasteiger partial charge in [0, 0.05) is 30.4 Å². The van der Waals surface area contributed by atoms with E-state index in [1.165, 1.54) is 17.1 Å². The highest BCUT2D eigenvalue weighted by Gasteiger charge is 2.28. The van der Waals surface area contributed by atoms with E-state index in [4.69, 9.17) is 15.0 Å². The van der Waals surface area contributed by atoms with Crippen LogP contribution in [-0.2, 0) is 9.47 Å². The lowest BCUT2D eigenvalue weighted by molar-refractivity contribution is 0.0366. The Bertz CT molecular complexity index is 723. The zero-order chi connectivity index (χ0) is 20.7. The number of rotatable bonds is 3. The van der Waals surface area contributed by atoms with E-state index in [0.717, 1.165) is 4.90 Å². The monoisotopic (exact) mass is 379 g/mol. The number of azide groups is 1. The van der Waals surface area contributed by atoms with Crippen molar-refractivity contribution in [1.29, 1.82) is 0 Å². The molecule has 1 heterocycles. The summed E-state index contributed by atoms with van der Waals surface area (Å²) in [4.78, 5) is 32.5. The van der Waals surface area contributed by atoms with E-state index in [1.54, 1.807) is 47.6 Å². The Labute approximate surface area is 157 Å². The van der Waals surface area contributed by atoms with Gasteiger partial charge >= 0.3 is 12.2 Å². The number of nitrogens with zero attached hydrogens (tertiary/aromatic N) is 7. The second-order valence-corrected chi connectivity index (χ2v) is 7.43. The van der Waals surface area contributed by atoms with Crippen LogP contribution in [0.25, 0.3) is 10.4 Å². The molecule has 1 aromatic heterocycles. The van der Waals surface area contributed by atoms with Gasteiger partial charge in [0.2, 0.25) is 5.96 Å². The standard InChI is InChI=1S/C16H25N7O4/c1-15(2,3)26-13(24)20-12(23-10-7-8-19-23)22(11-9-18-21-17)14(25)27-16(4,5)6/h7-8,10H,9,11H2,1-6H3/b20-12+. The SMILES string of the molecule is CC(C)(C)OC(=O)/N=C(\N(CCN=[N+]=[N-])C(=O)OC(C)(C)C)n1cccn1. The number of aromatic nitrogens is 2. The molecule has 11 nitrogen and oxygen atoms in total. The van der Waals surface area contributed by atoms with E-state index >= 15 is 0 Å². The average Bonchev–Trinajstić information content (AvgIpc) is 3.00. The molecule has 0 unspecified atom stereocenters. The number of carbonyl (C=O) groups is 2. The molecule has 27 heavy (non-hydrogen) atoms. The summed E-state index contributed by atoms with van der Waals surface area (Å²) in [6.45, 7) is 10.1. The van der Waals surface area contributed by atoms with Gasteiger partial charge in [-0.1, -0.05) is 5.11 Å². The largest absolute Gasteiger partial charge is 0.443 e. The van der Waals surface area contributed by atoms with Gasteiger partial charge in [-0.3, -0.25) is 0 Å². The Morgan fingerprint density at radius 3 is 2.30 bits per heavy atom. The van der Waals surface area contributed by atoms with E-state index in [-0.39, 0.29) is 19.0 Å². The average molecular weight is 379 g/mol. The van der Waals surface area contributed by atoms with Crippen molar-refractivity contribution in [3.63, 3.8) is 0 Å². The van der Waals surface area contributed by atoms with E-state index in [2.05, 4.69) is 20.1 Å². The van der Waals surface area contributed by atoms with Gasteiger partial charge in [-0.25, -0.2) is 19.2 Å². The van der Waals surface area contributed by atoms with Crippen molar-refractivity contribution < 1.29 is 19.1 Å². The molecule has 0 atom stereocenters. The molecule has 0 spiro atoms. The maximum atomic E-state index is 12.7. The molecule has 0 saturated heterocycles. The van der Waals surface area contributed by atoms with Crippen LogP contribution >= 0.6 is 0 Å². The highest BCUT2D eigenvalue weighted by Crippen LogP contribution is 2.13. The highest BCUT2D eigenvalue weighted by atomic mass is 16.6. The van der Waals surface area contributed by atoms with Gasteiger partial charge in [-0.2, -0.15) is 5.10 Å². The van der Waals surface area contributed by atoms with Crippen molar-refractivity contribution in [2.75, 3.05) is 13.1 Å². The predicted octanol–water partition coefficient (Wildman–Crippen LogP) is 3.57. The molecule has 0 fully saturated rings. The molecule has 0 aromatic carbocycles. The minimum atomic E-state index is -0.898. The number of amides is 2. The first-order valence-electron chi connectivity index (χ1n) is 8.26. The summed E-state index contributed by atoms with van der Waals surface area (Å²) in [7, 11) is 0. The first kappa shape index (κ1) is 22.0. The van der Waals surface area contributed by atoms with Crippen molar-refractivity contribution >= 4 is 18.1 Å². The summed E-state index contributed by atoms with van der Waals surface area (Å²) in [5, 5.41) is 7.44. The maximum Gasteiger partial charge on any atom is 0.437 e. The topological polar surface area (TPSA) is 135 Å². The van der Waals surface area contributed by atoms with Crippen LogP contribution in [0.1, 0.15) is 41.5 Å². The number of hydrogen-bond donors (Lipinski definition) is 0. The first-order chi connectivity index (χ1) is 12.4. The van der Waals surface area contributed by atoms with Gasteiger partial charge in [0.25, 0.3) is 0 Å². The van der Waals surface area contributed by atoms with Crippen molar-refractivity contribution in [3.8, 4) is 0 Å². The van der Waals surface area contributed by atoms with Gasteiger partial charge in [0.05, 0.1) is 0 Å². The molecule has 0 N–H and O–H groups in total. The Morgan fingerprint density at radius 1 is 1.19 bits per heavy atom. The third kappa shape index (κ3) is 8.23. The van der Waals surface area contributed by atoms with Crippen LogP contribution in [0.5, 0.6) is 0 Å². The molecule has 0 bridgehead atoms. The fourth-order valence-electron chi connectivity index (χ4n) is 1.77. The Kier molecular flexibility index (Phi) is 7.36. The molecule has 0 aliphatic carbocycles. The Morgan fingerprint density at radius 2 is 1.81 bits per heavy atom. The maximum absolute atomic E-state index is 12.7. The molecule has 148 valence electrons. The van der Waals surface area contributed by atoms with E-state index in [9.17, 15) is 9.59 Å². The zero-order valence-electron chi connectivity index (χ0n) is 16.4. The lowest BCUT2D eigenvalue weighted by Crippen LogP contribution is -2.45. The van der Waals surface area contributed by atoms with Crippen molar-refractivity contribution in [1.82, 2.24) is 14.7 Å². The summed E-state index contributed by atoms with van der Waals surface area (Å²) in [6, 6.07) is 1.60. The zero-order valence-corrected chi connectivity index (χ0v) is 16.4. The van der Waals surface area contributed by atoms with Gasteiger partial charge in [-0.05, 0) is 53.1 Å². The molecule has 0 aliphatic heterocycles. The molecule has 0 aliphatic rings. The van der Waals surface area contributed by atoms with E-state index in [0.29, 0.717) is 0 Å². The summed E-state index contributed by atoms with van der Waals surface area (Å²) in [5.41, 5.74) is 6.95. The van der Waals surface area contributed by atoms with Gasteiger partial charge in [0.1, 0.15) is 11.2 Å². The predicted molar refractivity (Wildman–Crippen MR) is 98.2 cm³/mol. The summed E-state index contributed by atoms with van der Waals surface area (Å²) >= 11 is 0. The minimum absolute atomic E-state index is 0.0512. The van der Waals surface area contributed by atoms with Crippen molar-refractivity contribution in [2.45, 2.75) is 52.7 Å². The number of ether oxygens (including phenoxy) is 2. The summed E-state index contributed by atoms with van der Waals surface area (Å²) in [6.07, 6.45) is 1.30. The van der Waals surface area contributed by atoms with Crippen LogP contribution in [-0.4, -0.2) is 57.1 Å². The lowest BCUT2D eigenvalue weighted by atomic mass is 10.2. The Balaban J connectivity index is 3.30. The lowest BCUT2D eigenvalue weighted by Gasteiger charge is -2.27. The van der Waals surface area contributed by atoms with E-state index in [1.807, 2.05) is 0 Å². The fraction of sp³-hybridized carbons (Fsp3) is 0.625. The van der Waals surface area contributed by atoms with Crippen molar-refractivity contribution in [2.24, 2.45) is 10.1 Å². The molecule has 11 heteroatoms. The first-order valence-corrected chi connectivity index (χ1v) is 8.26. The third-order valence-electron chi connectivity index (χ3n) is 2.64. The van der Waals surface area contributed by atoms with Crippen LogP contribution in [0.3, 0.4) is 0 Å². The Hall–Kier alpha value is -3.07. The number of hydrogen-bond acceptors (Lipinski definition) is 6.